The zero-order valence-corrected chi connectivity index (χ0v) is 12.1. The summed E-state index contributed by atoms with van der Waals surface area (Å²) in [5.74, 6) is 0.573. The summed E-state index contributed by atoms with van der Waals surface area (Å²) < 4.78 is 5.94. The summed E-state index contributed by atoms with van der Waals surface area (Å²) in [5, 5.41) is 1.27. The van der Waals surface area contributed by atoms with Crippen LogP contribution in [0.5, 0.6) is 5.75 Å². The molecule has 3 unspecified atom stereocenters. The van der Waals surface area contributed by atoms with Crippen LogP contribution in [-0.2, 0) is 0 Å². The maximum absolute atomic E-state index is 6.25. The number of rotatable bonds is 3. The molecule has 0 amide bonds. The van der Waals surface area contributed by atoms with Crippen molar-refractivity contribution in [2.24, 2.45) is 5.41 Å². The summed E-state index contributed by atoms with van der Waals surface area (Å²) in [6, 6.07) is 5.37. The van der Waals surface area contributed by atoms with Gasteiger partial charge in [0.2, 0.25) is 0 Å². The van der Waals surface area contributed by atoms with Crippen LogP contribution in [0.1, 0.15) is 26.7 Å². The highest BCUT2D eigenvalue weighted by Gasteiger charge is 2.51. The van der Waals surface area contributed by atoms with Crippen molar-refractivity contribution in [1.82, 2.24) is 0 Å². The van der Waals surface area contributed by atoms with E-state index in [-0.39, 0.29) is 16.9 Å². The third-order valence-electron chi connectivity index (χ3n) is 3.81. The molecular formula is C13H15Cl3O. The Morgan fingerprint density at radius 2 is 1.94 bits per heavy atom. The van der Waals surface area contributed by atoms with Gasteiger partial charge in [-0.05, 0) is 18.6 Å². The summed E-state index contributed by atoms with van der Waals surface area (Å²) in [5.41, 5.74) is 0.00402. The highest BCUT2D eigenvalue weighted by molar-refractivity contribution is 6.37. The normalized spacial score (nSPS) is 32.1. The van der Waals surface area contributed by atoms with Crippen LogP contribution in [0.3, 0.4) is 0 Å². The van der Waals surface area contributed by atoms with Gasteiger partial charge in [0.15, 0.2) is 5.75 Å². The lowest BCUT2D eigenvalue weighted by molar-refractivity contribution is -0.0293. The van der Waals surface area contributed by atoms with Crippen molar-refractivity contribution < 1.29 is 4.74 Å². The first-order chi connectivity index (χ1) is 7.99. The van der Waals surface area contributed by atoms with Crippen LogP contribution in [0.4, 0.5) is 0 Å². The molecule has 0 aliphatic heterocycles. The van der Waals surface area contributed by atoms with Crippen molar-refractivity contribution in [1.29, 1.82) is 0 Å². The number of halogens is 3. The highest BCUT2D eigenvalue weighted by Crippen LogP contribution is 2.50. The van der Waals surface area contributed by atoms with Crippen LogP contribution < -0.4 is 4.74 Å². The zero-order valence-electron chi connectivity index (χ0n) is 9.84. The lowest BCUT2D eigenvalue weighted by Gasteiger charge is -2.50. The Labute approximate surface area is 117 Å². The van der Waals surface area contributed by atoms with Gasteiger partial charge in [0.1, 0.15) is 6.10 Å². The Balaban J connectivity index is 2.18. The third-order valence-corrected chi connectivity index (χ3v) is 5.08. The molecule has 4 heteroatoms. The minimum absolute atomic E-state index is 0.00402. The van der Waals surface area contributed by atoms with E-state index in [9.17, 15) is 0 Å². The topological polar surface area (TPSA) is 9.23 Å². The van der Waals surface area contributed by atoms with Gasteiger partial charge in [0.25, 0.3) is 0 Å². The van der Waals surface area contributed by atoms with E-state index < -0.39 is 0 Å². The molecule has 1 fully saturated rings. The second-order valence-corrected chi connectivity index (χ2v) is 6.06. The van der Waals surface area contributed by atoms with Crippen LogP contribution in [-0.4, -0.2) is 11.5 Å². The minimum Gasteiger partial charge on any atom is -0.487 e. The Morgan fingerprint density at radius 3 is 2.41 bits per heavy atom. The van der Waals surface area contributed by atoms with E-state index >= 15 is 0 Å². The van der Waals surface area contributed by atoms with Gasteiger partial charge in [-0.15, -0.1) is 11.6 Å². The van der Waals surface area contributed by atoms with Crippen LogP contribution in [0.2, 0.25) is 10.0 Å². The summed E-state index contributed by atoms with van der Waals surface area (Å²) in [6.45, 7) is 4.27. The smallest absolute Gasteiger partial charge is 0.156 e. The molecule has 94 valence electrons. The number of ether oxygens (including phenoxy) is 1. The number of alkyl halides is 1. The van der Waals surface area contributed by atoms with E-state index in [1.165, 1.54) is 0 Å². The molecule has 1 aromatic rings. The average Bonchev–Trinajstić information content (AvgIpc) is 2.31. The fraction of sp³-hybridized carbons (Fsp3) is 0.538. The molecule has 17 heavy (non-hydrogen) atoms. The molecule has 2 rings (SSSR count). The Bertz CT molecular complexity index is 401. The molecule has 0 bridgehead atoms. The Morgan fingerprint density at radius 1 is 1.35 bits per heavy atom. The van der Waals surface area contributed by atoms with Crippen LogP contribution >= 0.6 is 34.8 Å². The zero-order chi connectivity index (χ0) is 12.6. The monoisotopic (exact) mass is 292 g/mol. The Hall–Kier alpha value is -0.110. The lowest BCUT2D eigenvalue weighted by Crippen LogP contribution is -2.55. The fourth-order valence-corrected chi connectivity index (χ4v) is 3.08. The van der Waals surface area contributed by atoms with E-state index in [0.717, 1.165) is 12.8 Å². The van der Waals surface area contributed by atoms with Crippen molar-refractivity contribution in [3.8, 4) is 5.75 Å². The van der Waals surface area contributed by atoms with E-state index in [4.69, 9.17) is 39.5 Å². The summed E-state index contributed by atoms with van der Waals surface area (Å²) >= 11 is 18.4. The molecule has 0 heterocycles. The van der Waals surface area contributed by atoms with Gasteiger partial charge < -0.3 is 4.74 Å². The number of hydrogen-bond donors (Lipinski definition) is 0. The summed E-state index contributed by atoms with van der Waals surface area (Å²) in [4.78, 5) is 0. The largest absolute Gasteiger partial charge is 0.487 e. The fourth-order valence-electron chi connectivity index (χ4n) is 2.14. The first-order valence-electron chi connectivity index (χ1n) is 5.73. The van der Waals surface area contributed by atoms with E-state index in [0.29, 0.717) is 15.8 Å². The van der Waals surface area contributed by atoms with E-state index in [1.807, 2.05) is 6.07 Å². The second kappa shape index (κ2) is 4.87. The molecule has 1 aromatic carbocycles. The summed E-state index contributed by atoms with van der Waals surface area (Å²) in [7, 11) is 0. The first kappa shape index (κ1) is 13.3. The van der Waals surface area contributed by atoms with E-state index in [2.05, 4.69) is 13.8 Å². The van der Waals surface area contributed by atoms with Gasteiger partial charge >= 0.3 is 0 Å². The molecule has 0 spiro atoms. The van der Waals surface area contributed by atoms with Crippen molar-refractivity contribution in [3.05, 3.63) is 28.2 Å². The van der Waals surface area contributed by atoms with Gasteiger partial charge in [0.05, 0.1) is 10.0 Å². The molecule has 1 aliphatic carbocycles. The van der Waals surface area contributed by atoms with Gasteiger partial charge in [-0.1, -0.05) is 43.1 Å². The third kappa shape index (κ3) is 2.25. The predicted molar refractivity (Wildman–Crippen MR) is 73.5 cm³/mol. The predicted octanol–water partition coefficient (Wildman–Crippen LogP) is 5.17. The molecule has 3 atom stereocenters. The number of hydrogen-bond acceptors (Lipinski definition) is 1. The lowest BCUT2D eigenvalue weighted by atomic mass is 9.65. The van der Waals surface area contributed by atoms with Crippen molar-refractivity contribution in [3.63, 3.8) is 0 Å². The minimum atomic E-state index is 0.00402. The second-order valence-electron chi connectivity index (χ2n) is 4.72. The van der Waals surface area contributed by atoms with Crippen molar-refractivity contribution in [2.45, 2.75) is 38.2 Å². The van der Waals surface area contributed by atoms with Crippen LogP contribution in [0.15, 0.2) is 18.2 Å². The Kier molecular flexibility index (Phi) is 3.82. The van der Waals surface area contributed by atoms with Crippen LogP contribution in [0, 0.1) is 5.41 Å². The SMILES string of the molecule is CCC1(C)C(Cl)CC1Oc1c(Cl)cccc1Cl. The quantitative estimate of drug-likeness (QED) is 0.699. The molecule has 0 saturated heterocycles. The summed E-state index contributed by atoms with van der Waals surface area (Å²) in [6.07, 6.45) is 1.91. The molecule has 1 saturated carbocycles. The van der Waals surface area contributed by atoms with Gasteiger partial charge in [-0.25, -0.2) is 0 Å². The van der Waals surface area contributed by atoms with E-state index in [1.54, 1.807) is 12.1 Å². The highest BCUT2D eigenvalue weighted by atomic mass is 35.5. The molecule has 0 N–H and O–H groups in total. The van der Waals surface area contributed by atoms with Gasteiger partial charge in [-0.2, -0.15) is 0 Å². The molecule has 0 aromatic heterocycles. The standard InChI is InChI=1S/C13H15Cl3O/c1-3-13(2)10(16)7-11(13)17-12-8(14)5-4-6-9(12)15/h4-6,10-11H,3,7H2,1-2H3. The van der Waals surface area contributed by atoms with Gasteiger partial charge in [-0.3, -0.25) is 0 Å². The maximum Gasteiger partial charge on any atom is 0.156 e. The molecule has 1 aliphatic rings. The molecule has 1 nitrogen and oxygen atoms in total. The molecule has 0 radical (unpaired) electrons. The van der Waals surface area contributed by atoms with Crippen molar-refractivity contribution >= 4 is 34.8 Å². The number of benzene rings is 1. The van der Waals surface area contributed by atoms with Crippen molar-refractivity contribution in [2.75, 3.05) is 0 Å². The number of para-hydroxylation sites is 1. The average molecular weight is 294 g/mol. The maximum atomic E-state index is 6.25. The van der Waals surface area contributed by atoms with Gasteiger partial charge in [0, 0.05) is 17.2 Å². The first-order valence-corrected chi connectivity index (χ1v) is 6.93. The molecular weight excluding hydrogens is 279 g/mol. The van der Waals surface area contributed by atoms with Crippen LogP contribution in [0.25, 0.3) is 0 Å².